The fourth-order valence-corrected chi connectivity index (χ4v) is 0.943. The van der Waals surface area contributed by atoms with Gasteiger partial charge in [-0.25, -0.2) is 4.79 Å². The van der Waals surface area contributed by atoms with E-state index in [4.69, 9.17) is 11.6 Å². The van der Waals surface area contributed by atoms with E-state index in [2.05, 4.69) is 4.74 Å². The molecule has 0 saturated carbocycles. The lowest BCUT2D eigenvalue weighted by Crippen LogP contribution is -2.20. The van der Waals surface area contributed by atoms with Crippen LogP contribution in [0.2, 0.25) is 5.02 Å². The minimum absolute atomic E-state index is 0.0312. The highest BCUT2D eigenvalue weighted by molar-refractivity contribution is 6.30. The van der Waals surface area contributed by atoms with Crippen LogP contribution in [0.1, 0.15) is 10.4 Å². The Morgan fingerprint density at radius 3 is 2.27 bits per heavy atom. The Morgan fingerprint density at radius 2 is 1.80 bits per heavy atom. The Morgan fingerprint density at radius 1 is 1.27 bits per heavy atom. The summed E-state index contributed by atoms with van der Waals surface area (Å²) in [5.41, 5.74) is 0.0312. The second kappa shape index (κ2) is 4.53. The summed E-state index contributed by atoms with van der Waals surface area (Å²) >= 11 is 5.53. The number of ether oxygens (including phenoxy) is 1. The molecule has 1 aromatic carbocycles. The molecule has 15 heavy (non-hydrogen) atoms. The number of benzene rings is 1. The van der Waals surface area contributed by atoms with Gasteiger partial charge in [0.05, 0.1) is 5.56 Å². The van der Waals surface area contributed by atoms with Crippen molar-refractivity contribution in [2.75, 3.05) is 6.61 Å². The van der Waals surface area contributed by atoms with Crippen LogP contribution in [0.4, 0.5) is 13.2 Å². The number of halogens is 4. The van der Waals surface area contributed by atoms with Crippen LogP contribution in [-0.2, 0) is 4.74 Å². The molecule has 0 saturated heterocycles. The Labute approximate surface area is 88.6 Å². The second-order valence-corrected chi connectivity index (χ2v) is 3.13. The Balaban J connectivity index is 2.58. The van der Waals surface area contributed by atoms with Gasteiger partial charge in [0.2, 0.25) is 0 Å². The van der Waals surface area contributed by atoms with E-state index < -0.39 is 18.8 Å². The van der Waals surface area contributed by atoms with Crippen molar-refractivity contribution >= 4 is 17.6 Å². The van der Waals surface area contributed by atoms with Crippen LogP contribution in [-0.4, -0.2) is 18.8 Å². The van der Waals surface area contributed by atoms with Crippen molar-refractivity contribution in [3.63, 3.8) is 0 Å². The predicted molar refractivity (Wildman–Crippen MR) is 47.8 cm³/mol. The van der Waals surface area contributed by atoms with Gasteiger partial charge in [0, 0.05) is 5.02 Å². The fraction of sp³-hybridized carbons (Fsp3) is 0.222. The second-order valence-electron chi connectivity index (χ2n) is 2.70. The average molecular weight is 239 g/mol. The molecule has 2 nitrogen and oxygen atoms in total. The molecule has 0 aromatic heterocycles. The molecule has 1 rings (SSSR count). The van der Waals surface area contributed by atoms with E-state index in [0.29, 0.717) is 5.02 Å². The zero-order valence-corrected chi connectivity index (χ0v) is 8.10. The van der Waals surface area contributed by atoms with Gasteiger partial charge in [-0.1, -0.05) is 11.6 Å². The summed E-state index contributed by atoms with van der Waals surface area (Å²) in [6, 6.07) is 5.37. The zero-order valence-electron chi connectivity index (χ0n) is 7.34. The number of carbonyl (C=O) groups is 1. The Bertz CT molecular complexity index is 345. The largest absolute Gasteiger partial charge is 0.452 e. The van der Waals surface area contributed by atoms with Gasteiger partial charge in [0.25, 0.3) is 0 Å². The van der Waals surface area contributed by atoms with E-state index in [1.807, 2.05) is 0 Å². The van der Waals surface area contributed by atoms with Crippen LogP contribution in [0.5, 0.6) is 0 Å². The highest BCUT2D eigenvalue weighted by Crippen LogP contribution is 2.16. The van der Waals surface area contributed by atoms with E-state index in [-0.39, 0.29) is 5.56 Å². The first-order chi connectivity index (χ1) is 6.88. The van der Waals surface area contributed by atoms with Crippen LogP contribution >= 0.6 is 11.6 Å². The molecule has 0 spiro atoms. The van der Waals surface area contributed by atoms with Crippen molar-refractivity contribution in [2.45, 2.75) is 6.18 Å². The van der Waals surface area contributed by atoms with Crippen LogP contribution in [0.15, 0.2) is 24.3 Å². The van der Waals surface area contributed by atoms with Gasteiger partial charge in [0.1, 0.15) is 0 Å². The molecule has 0 atom stereocenters. The van der Waals surface area contributed by atoms with E-state index in [1.165, 1.54) is 24.3 Å². The minimum atomic E-state index is -4.51. The smallest absolute Gasteiger partial charge is 0.422 e. The summed E-state index contributed by atoms with van der Waals surface area (Å²) in [5, 5.41) is 0.391. The number of rotatable bonds is 2. The van der Waals surface area contributed by atoms with Gasteiger partial charge in [-0.2, -0.15) is 13.2 Å². The lowest BCUT2D eigenvalue weighted by Gasteiger charge is -2.07. The third-order valence-corrected chi connectivity index (χ3v) is 1.70. The number of hydrogen-bond acceptors (Lipinski definition) is 2. The van der Waals surface area contributed by atoms with Crippen molar-refractivity contribution in [2.24, 2.45) is 0 Å². The number of hydrogen-bond donors (Lipinski definition) is 0. The van der Waals surface area contributed by atoms with Gasteiger partial charge >= 0.3 is 12.1 Å². The fourth-order valence-electron chi connectivity index (χ4n) is 0.817. The van der Waals surface area contributed by atoms with E-state index in [0.717, 1.165) is 0 Å². The van der Waals surface area contributed by atoms with Gasteiger partial charge < -0.3 is 4.74 Å². The molecule has 0 heterocycles. The van der Waals surface area contributed by atoms with Gasteiger partial charge in [-0.15, -0.1) is 0 Å². The first-order valence-corrected chi connectivity index (χ1v) is 4.26. The molecule has 0 aliphatic rings. The topological polar surface area (TPSA) is 26.3 Å². The summed E-state index contributed by atoms with van der Waals surface area (Å²) in [5.74, 6) is -1.02. The average Bonchev–Trinajstić information content (AvgIpc) is 2.14. The molecule has 0 bridgehead atoms. The molecule has 6 heteroatoms. The number of esters is 1. The molecular weight excluding hydrogens is 233 g/mol. The minimum Gasteiger partial charge on any atom is -0.452 e. The van der Waals surface area contributed by atoms with Crippen LogP contribution in [0, 0.1) is 0 Å². The van der Waals surface area contributed by atoms with Gasteiger partial charge in [-0.05, 0) is 24.3 Å². The van der Waals surface area contributed by atoms with Crippen molar-refractivity contribution in [1.82, 2.24) is 0 Å². The normalized spacial score (nSPS) is 11.2. The van der Waals surface area contributed by atoms with Gasteiger partial charge in [0.15, 0.2) is 6.61 Å². The summed E-state index contributed by atoms with van der Waals surface area (Å²) < 4.78 is 39.1. The lowest BCUT2D eigenvalue weighted by molar-refractivity contribution is -0.161. The van der Waals surface area contributed by atoms with E-state index in [1.54, 1.807) is 0 Å². The summed E-state index contributed by atoms with van der Waals surface area (Å²) in [6.07, 6.45) is -4.51. The predicted octanol–water partition coefficient (Wildman–Crippen LogP) is 3.06. The highest BCUT2D eigenvalue weighted by Gasteiger charge is 2.29. The first-order valence-electron chi connectivity index (χ1n) is 3.88. The zero-order chi connectivity index (χ0) is 11.5. The molecule has 1 aromatic rings. The van der Waals surface area contributed by atoms with Crippen molar-refractivity contribution in [3.05, 3.63) is 34.9 Å². The van der Waals surface area contributed by atoms with Crippen molar-refractivity contribution in [3.8, 4) is 0 Å². The van der Waals surface area contributed by atoms with Crippen molar-refractivity contribution < 1.29 is 22.7 Å². The highest BCUT2D eigenvalue weighted by atomic mass is 35.5. The maximum absolute atomic E-state index is 11.7. The third kappa shape index (κ3) is 4.20. The number of alkyl halides is 3. The van der Waals surface area contributed by atoms with Gasteiger partial charge in [-0.3, -0.25) is 0 Å². The summed E-state index contributed by atoms with van der Waals surface area (Å²) in [4.78, 5) is 11.0. The molecular formula is C9H6ClF3O2. The van der Waals surface area contributed by atoms with E-state index in [9.17, 15) is 18.0 Å². The first kappa shape index (κ1) is 11.8. The third-order valence-electron chi connectivity index (χ3n) is 1.45. The quantitative estimate of drug-likeness (QED) is 0.740. The standard InChI is InChI=1S/C9H6ClF3O2/c10-7-3-1-6(2-4-7)8(14)15-5-9(11,12)13/h1-4H,5H2. The number of carbonyl (C=O) groups excluding carboxylic acids is 1. The Kier molecular flexibility index (Phi) is 3.57. The molecule has 0 amide bonds. The summed E-state index contributed by atoms with van der Waals surface area (Å²) in [7, 11) is 0. The van der Waals surface area contributed by atoms with Crippen molar-refractivity contribution in [1.29, 1.82) is 0 Å². The van der Waals surface area contributed by atoms with Crippen LogP contribution in [0.3, 0.4) is 0 Å². The maximum atomic E-state index is 11.7. The SMILES string of the molecule is O=C(OCC(F)(F)F)c1ccc(Cl)cc1. The van der Waals surface area contributed by atoms with Crippen LogP contribution < -0.4 is 0 Å². The monoisotopic (exact) mass is 238 g/mol. The molecule has 0 N–H and O–H groups in total. The molecule has 0 aliphatic heterocycles. The molecule has 0 aliphatic carbocycles. The maximum Gasteiger partial charge on any atom is 0.422 e. The summed E-state index contributed by atoms with van der Waals surface area (Å²) in [6.45, 7) is -1.59. The molecule has 0 fully saturated rings. The van der Waals surface area contributed by atoms with E-state index >= 15 is 0 Å². The molecule has 0 unspecified atom stereocenters. The lowest BCUT2D eigenvalue weighted by atomic mass is 10.2. The molecule has 82 valence electrons. The Hall–Kier alpha value is -1.23. The van der Waals surface area contributed by atoms with Crippen LogP contribution in [0.25, 0.3) is 0 Å². The molecule has 0 radical (unpaired) electrons.